The molecular weight excluding hydrogens is 228 g/mol. The Kier molecular flexibility index (Phi) is 2.50. The number of Topliss-reactive ketones (excluding diaryl/α,β-unsaturated/α-hetero) is 1. The molecule has 1 saturated heterocycles. The molecule has 3 aliphatic rings. The fourth-order valence-corrected chi connectivity index (χ4v) is 4.67. The predicted octanol–water partition coefficient (Wildman–Crippen LogP) is 2.17. The molecule has 2 saturated carbocycles. The van der Waals surface area contributed by atoms with E-state index in [0.717, 1.165) is 19.3 Å². The van der Waals surface area contributed by atoms with Crippen molar-refractivity contribution in [2.75, 3.05) is 0 Å². The Balaban J connectivity index is 2.02. The Labute approximate surface area is 109 Å². The number of fused-ring (bicyclic) bond motifs is 3. The number of aliphatic hydroxyl groups is 1. The van der Waals surface area contributed by atoms with E-state index in [4.69, 9.17) is 4.74 Å². The first-order chi connectivity index (χ1) is 8.34. The van der Waals surface area contributed by atoms with Gasteiger partial charge in [0.15, 0.2) is 0 Å². The predicted molar refractivity (Wildman–Crippen MR) is 68.1 cm³/mol. The van der Waals surface area contributed by atoms with Crippen LogP contribution in [0.3, 0.4) is 0 Å². The summed E-state index contributed by atoms with van der Waals surface area (Å²) < 4.78 is 5.84. The Morgan fingerprint density at radius 1 is 1.44 bits per heavy atom. The first-order valence-electron chi connectivity index (χ1n) is 7.24. The first-order valence-corrected chi connectivity index (χ1v) is 7.24. The van der Waals surface area contributed by atoms with Crippen molar-refractivity contribution in [2.24, 2.45) is 23.2 Å². The molecule has 1 N–H and O–H groups in total. The quantitative estimate of drug-likeness (QED) is 0.766. The summed E-state index contributed by atoms with van der Waals surface area (Å²) in [6, 6.07) is 0. The summed E-state index contributed by atoms with van der Waals surface area (Å²) in [6.45, 7) is 8.17. The van der Waals surface area contributed by atoms with E-state index < -0.39 is 11.7 Å². The van der Waals surface area contributed by atoms with E-state index in [-0.39, 0.29) is 17.4 Å². The van der Waals surface area contributed by atoms with Crippen LogP contribution in [0.5, 0.6) is 0 Å². The van der Waals surface area contributed by atoms with Crippen LogP contribution in [-0.4, -0.2) is 28.7 Å². The number of carbonyl (C=O) groups is 1. The van der Waals surface area contributed by atoms with Crippen LogP contribution >= 0.6 is 0 Å². The zero-order valence-electron chi connectivity index (χ0n) is 11.8. The number of hydrogen-bond donors (Lipinski definition) is 1. The van der Waals surface area contributed by atoms with Gasteiger partial charge in [-0.2, -0.15) is 0 Å². The third-order valence-electron chi connectivity index (χ3n) is 5.79. The maximum atomic E-state index is 12.8. The van der Waals surface area contributed by atoms with Gasteiger partial charge in [-0.3, -0.25) is 4.79 Å². The van der Waals surface area contributed by atoms with Gasteiger partial charge in [0.1, 0.15) is 17.5 Å². The van der Waals surface area contributed by atoms with Crippen LogP contribution in [0.4, 0.5) is 0 Å². The lowest BCUT2D eigenvalue weighted by molar-refractivity contribution is -0.138. The van der Waals surface area contributed by atoms with Gasteiger partial charge >= 0.3 is 0 Å². The van der Waals surface area contributed by atoms with Crippen molar-refractivity contribution < 1.29 is 14.6 Å². The Bertz CT molecular complexity index is 391. The van der Waals surface area contributed by atoms with Gasteiger partial charge in [0, 0.05) is 5.92 Å². The Morgan fingerprint density at radius 2 is 2.11 bits per heavy atom. The molecule has 102 valence electrons. The van der Waals surface area contributed by atoms with Crippen molar-refractivity contribution in [3.63, 3.8) is 0 Å². The van der Waals surface area contributed by atoms with E-state index in [0.29, 0.717) is 17.6 Å². The molecule has 3 nitrogen and oxygen atoms in total. The highest BCUT2D eigenvalue weighted by atomic mass is 16.6. The molecule has 0 amide bonds. The van der Waals surface area contributed by atoms with Gasteiger partial charge in [-0.05, 0) is 38.0 Å². The molecule has 3 rings (SSSR count). The minimum absolute atomic E-state index is 0.0430. The average Bonchev–Trinajstić information content (AvgIpc) is 2.92. The van der Waals surface area contributed by atoms with Crippen molar-refractivity contribution in [1.29, 1.82) is 0 Å². The maximum absolute atomic E-state index is 12.8. The first kappa shape index (κ1) is 12.6. The molecule has 0 aromatic rings. The highest BCUT2D eigenvalue weighted by Crippen LogP contribution is 2.66. The van der Waals surface area contributed by atoms with Crippen molar-refractivity contribution >= 4 is 5.78 Å². The van der Waals surface area contributed by atoms with Crippen LogP contribution in [0.15, 0.2) is 0 Å². The third kappa shape index (κ3) is 1.30. The zero-order chi connectivity index (χ0) is 13.3. The molecule has 3 fully saturated rings. The van der Waals surface area contributed by atoms with E-state index >= 15 is 0 Å². The number of epoxide rings is 1. The minimum atomic E-state index is -0.453. The van der Waals surface area contributed by atoms with Crippen LogP contribution in [0, 0.1) is 23.2 Å². The molecule has 0 unspecified atom stereocenters. The van der Waals surface area contributed by atoms with Crippen molar-refractivity contribution in [3.8, 4) is 0 Å². The molecule has 0 bridgehead atoms. The van der Waals surface area contributed by atoms with Gasteiger partial charge in [-0.1, -0.05) is 20.8 Å². The second-order valence-electron chi connectivity index (χ2n) is 7.12. The highest BCUT2D eigenvalue weighted by Gasteiger charge is 2.75. The highest BCUT2D eigenvalue weighted by molar-refractivity contribution is 5.89. The molecule has 3 heteroatoms. The summed E-state index contributed by atoms with van der Waals surface area (Å²) in [5.41, 5.74) is -0.757. The number of ether oxygens (including phenoxy) is 1. The van der Waals surface area contributed by atoms with Crippen LogP contribution in [0.1, 0.15) is 47.0 Å². The van der Waals surface area contributed by atoms with Gasteiger partial charge in [-0.15, -0.1) is 0 Å². The lowest BCUT2D eigenvalue weighted by Gasteiger charge is -2.42. The fourth-order valence-electron chi connectivity index (χ4n) is 4.67. The molecule has 18 heavy (non-hydrogen) atoms. The van der Waals surface area contributed by atoms with Crippen molar-refractivity contribution in [1.82, 2.24) is 0 Å². The van der Waals surface area contributed by atoms with E-state index in [1.54, 1.807) is 0 Å². The molecule has 0 spiro atoms. The number of aliphatic hydroxyl groups excluding tert-OH is 1. The smallest absolute Gasteiger partial charge is 0.144 e. The standard InChI is InChI=1S/C15H24O3/c1-8(2)12(17)15-6-5-9(3)10(15)7-11(16)14(4)13(15)18-14/h8-11,13,16H,5-7H2,1-4H3/t9-,10+,11-,13-,14-,15+/m1/s1. The summed E-state index contributed by atoms with van der Waals surface area (Å²) in [5, 5.41) is 10.2. The summed E-state index contributed by atoms with van der Waals surface area (Å²) in [6.07, 6.45) is 2.32. The van der Waals surface area contributed by atoms with Crippen molar-refractivity contribution in [2.45, 2.75) is 64.8 Å². The second-order valence-corrected chi connectivity index (χ2v) is 7.12. The van der Waals surface area contributed by atoms with E-state index in [2.05, 4.69) is 6.92 Å². The van der Waals surface area contributed by atoms with E-state index in [1.807, 2.05) is 20.8 Å². The monoisotopic (exact) mass is 252 g/mol. The number of carbonyl (C=O) groups excluding carboxylic acids is 1. The lowest BCUT2D eigenvalue weighted by atomic mass is 9.59. The summed E-state index contributed by atoms with van der Waals surface area (Å²) in [5.74, 6) is 1.25. The topological polar surface area (TPSA) is 49.8 Å². The minimum Gasteiger partial charge on any atom is -0.390 e. The zero-order valence-corrected chi connectivity index (χ0v) is 11.8. The second kappa shape index (κ2) is 3.57. The molecule has 1 heterocycles. The SMILES string of the molecule is CC(C)C(=O)[C@]12CC[C@@H](C)[C@@H]1C[C@@H](O)[C@@]1(C)O[C@H]12. The summed E-state index contributed by atoms with van der Waals surface area (Å²) in [4.78, 5) is 12.8. The summed E-state index contributed by atoms with van der Waals surface area (Å²) in [7, 11) is 0. The molecule has 0 aromatic carbocycles. The number of hydrogen-bond acceptors (Lipinski definition) is 3. The van der Waals surface area contributed by atoms with Crippen LogP contribution in [0.2, 0.25) is 0 Å². The fraction of sp³-hybridized carbons (Fsp3) is 0.933. The van der Waals surface area contributed by atoms with E-state index in [1.165, 1.54) is 0 Å². The molecule has 0 radical (unpaired) electrons. The molecule has 0 aromatic heterocycles. The van der Waals surface area contributed by atoms with Crippen LogP contribution in [0.25, 0.3) is 0 Å². The Morgan fingerprint density at radius 3 is 2.72 bits per heavy atom. The molecular formula is C15H24O3. The van der Waals surface area contributed by atoms with E-state index in [9.17, 15) is 9.90 Å². The van der Waals surface area contributed by atoms with Crippen LogP contribution in [-0.2, 0) is 9.53 Å². The van der Waals surface area contributed by atoms with Crippen molar-refractivity contribution in [3.05, 3.63) is 0 Å². The van der Waals surface area contributed by atoms with Gasteiger partial charge in [-0.25, -0.2) is 0 Å². The largest absolute Gasteiger partial charge is 0.390 e. The lowest BCUT2D eigenvalue weighted by Crippen LogP contribution is -2.53. The normalized spacial score (nSPS) is 54.1. The molecule has 1 aliphatic heterocycles. The van der Waals surface area contributed by atoms with Gasteiger partial charge in [0.05, 0.1) is 11.5 Å². The number of rotatable bonds is 2. The average molecular weight is 252 g/mol. The van der Waals surface area contributed by atoms with Gasteiger partial charge < -0.3 is 9.84 Å². The molecule has 6 atom stereocenters. The number of ketones is 1. The van der Waals surface area contributed by atoms with Crippen LogP contribution < -0.4 is 0 Å². The van der Waals surface area contributed by atoms with Gasteiger partial charge in [0.25, 0.3) is 0 Å². The molecule has 2 aliphatic carbocycles. The Hall–Kier alpha value is -0.410. The third-order valence-corrected chi connectivity index (χ3v) is 5.79. The summed E-state index contributed by atoms with van der Waals surface area (Å²) >= 11 is 0. The maximum Gasteiger partial charge on any atom is 0.144 e. The van der Waals surface area contributed by atoms with Gasteiger partial charge in [0.2, 0.25) is 0 Å².